The van der Waals surface area contributed by atoms with Crippen LogP contribution in [-0.2, 0) is 0 Å². The summed E-state index contributed by atoms with van der Waals surface area (Å²) in [5, 5.41) is 73.2. The first-order valence-corrected chi connectivity index (χ1v) is 43.1. The zero-order valence-corrected chi connectivity index (χ0v) is 68.3. The van der Waals surface area contributed by atoms with Gasteiger partial charge in [-0.3, -0.25) is 0 Å². The van der Waals surface area contributed by atoms with Crippen molar-refractivity contribution < 1.29 is 25.2 Å². The van der Waals surface area contributed by atoms with Crippen LogP contribution in [0.25, 0.3) is 44.1 Å². The van der Waals surface area contributed by atoms with Crippen LogP contribution in [0.1, 0.15) is 226 Å². The third-order valence-corrected chi connectivity index (χ3v) is 29.6. The molecule has 24 rings (SSSR count). The molecule has 0 aliphatic heterocycles. The predicted molar refractivity (Wildman–Crippen MR) is 456 cm³/mol. The van der Waals surface area contributed by atoms with E-state index in [9.17, 15) is 25.2 Å². The van der Waals surface area contributed by atoms with E-state index in [1.54, 1.807) is 24.8 Å². The van der Waals surface area contributed by atoms with Crippen LogP contribution in [0, 0.1) is 116 Å². The molecule has 113 heavy (non-hydrogen) atoms. The maximum atomic E-state index is 10.0. The van der Waals surface area contributed by atoms with Crippen molar-refractivity contribution in [1.82, 2.24) is 61.6 Å². The number of aliphatic hydroxyl groups excluding tert-OH is 1. The number of rotatable bonds is 21. The Morgan fingerprint density at radius 2 is 0.690 bits per heavy atom. The van der Waals surface area contributed by atoms with Gasteiger partial charge in [0.25, 0.3) is 0 Å². The molecule has 8 aromatic rings. The lowest BCUT2D eigenvalue weighted by Gasteiger charge is -2.59. The number of nitrogens with one attached hydrogen (secondary N) is 8. The van der Waals surface area contributed by atoms with Gasteiger partial charge in [-0.2, -0.15) is 20.4 Å². The number of hydrazone groups is 4. The Balaban J connectivity index is 0.000000109. The second kappa shape index (κ2) is 31.3. The Morgan fingerprint density at radius 3 is 0.929 bits per heavy atom. The molecule has 25 heteroatoms. The SMILES string of the molecule is CC(C)N/N=C(\c1c([B]O)cnc2[nH]ccc12)C1C2CC3CC1CC(C)(C3)C2.CC12CC3CC(C1)C(/C(=N/NC(C)(C)C)c1c([B]O)cnc4[nH]ccc14)C(C3)C2.CC12CC3CC(C1)C(/C(=N/NCCO)c1c([B]O)cnc4[nH]ccc14)C(C3)C2.CCCN/N=C(\c1c([B]O)cnc2[nH]ccc12)C1C2CC3CC1CC(C)(C3)C2. The van der Waals surface area contributed by atoms with Gasteiger partial charge in [0.2, 0.25) is 0 Å². The molecule has 4 radical (unpaired) electrons. The molecule has 594 valence electrons. The third kappa shape index (κ3) is 15.2. The smallest absolute Gasteiger partial charge is 0.329 e. The molecule has 16 aliphatic carbocycles. The summed E-state index contributed by atoms with van der Waals surface area (Å²) < 4.78 is 0. The van der Waals surface area contributed by atoms with E-state index in [2.05, 4.69) is 149 Å². The molecule has 8 heterocycles. The fourth-order valence-electron chi connectivity index (χ4n) is 27.2. The van der Waals surface area contributed by atoms with Crippen LogP contribution in [0.3, 0.4) is 0 Å². The van der Waals surface area contributed by atoms with Gasteiger partial charge in [-0.05, 0) is 308 Å². The molecular weight excluding hydrogens is 1400 g/mol. The van der Waals surface area contributed by atoms with E-state index >= 15 is 0 Å². The largest absolute Gasteiger partial charge is 0.450 e. The Labute approximate surface area is 670 Å². The highest BCUT2D eigenvalue weighted by molar-refractivity contribution is 6.51. The fourth-order valence-corrected chi connectivity index (χ4v) is 27.2. The summed E-state index contributed by atoms with van der Waals surface area (Å²) in [6, 6.07) is 8.48. The summed E-state index contributed by atoms with van der Waals surface area (Å²) in [4.78, 5) is 30.7. The molecule has 0 spiro atoms. The van der Waals surface area contributed by atoms with Crippen molar-refractivity contribution in [3.8, 4) is 0 Å². The number of hydrogen-bond acceptors (Lipinski definition) is 17. The van der Waals surface area contributed by atoms with Crippen LogP contribution in [0.5, 0.6) is 0 Å². The fraction of sp³-hybridized carbons (Fsp3) is 0.636. The van der Waals surface area contributed by atoms with Crippen molar-refractivity contribution in [3.63, 3.8) is 0 Å². The van der Waals surface area contributed by atoms with Crippen LogP contribution in [-0.4, -0.2) is 149 Å². The molecule has 0 amide bonds. The van der Waals surface area contributed by atoms with Crippen molar-refractivity contribution in [3.05, 3.63) is 96.1 Å². The summed E-state index contributed by atoms with van der Waals surface area (Å²) >= 11 is 0. The molecule has 8 atom stereocenters. The first-order valence-electron chi connectivity index (χ1n) is 43.1. The molecule has 0 saturated heterocycles. The number of aromatic amines is 4. The number of nitrogens with zero attached hydrogens (tertiary/aromatic N) is 8. The van der Waals surface area contributed by atoms with Crippen LogP contribution >= 0.6 is 0 Å². The highest BCUT2D eigenvalue weighted by Gasteiger charge is 2.59. The minimum absolute atomic E-state index is 0.0450. The minimum Gasteiger partial charge on any atom is -0.450 e. The molecule has 16 aliphatic rings. The molecule has 8 unspecified atom stereocenters. The van der Waals surface area contributed by atoms with Gasteiger partial charge in [0.15, 0.2) is 0 Å². The van der Waals surface area contributed by atoms with E-state index in [0.717, 1.165) is 150 Å². The lowest BCUT2D eigenvalue weighted by atomic mass is 9.45. The summed E-state index contributed by atoms with van der Waals surface area (Å²) in [5.41, 5.74) is 30.0. The van der Waals surface area contributed by atoms with Gasteiger partial charge in [-0.25, -0.2) is 19.9 Å². The standard InChI is InChI=1S/C23H32BN4O.2C22H30BN4O.C21H28BN4O2/c1-22(2,3)28-27-20(19-16-5-6-25-21(16)26-12-17(19)24-29)18-14-7-13-8-15(18)11-23(4,9-13)10-14;1-12(2)26-27-20(19-16-4-5-24-21(16)25-11-17(19)23-28)18-14-6-13-7-15(18)10-22(3,8-13)9-14;1-3-5-26-27-20(19-16-4-6-24-21(16)25-12-17(19)23-28)18-14-7-13-8-15(18)11-22(2,9-13)10-14;1-21-8-12-6-13(9-21)17(14(7-12)10-21)19(26-25-4-5-27)18-15-2-3-23-20(15)24-11-16(18)22-28/h5-6,12-15,18,28-29H,7-11H2,1-4H3,(H,25,26);4-5,11-15,18,26,28H,6-10H2,1-3H3,(H,24,25);4,6,12-15,18,26,28H,3,5,7-11H2,1-2H3,(H,24,25);2-3,11-14,17,25,27-28H,4-10H2,1H3,(H,23,24)/b3*27-20-;26-19-. The van der Waals surface area contributed by atoms with Gasteiger partial charge < -0.3 is 66.8 Å². The maximum Gasteiger partial charge on any atom is 0.329 e. The molecule has 13 N–H and O–H groups in total. The van der Waals surface area contributed by atoms with E-state index in [-0.39, 0.29) is 18.2 Å². The number of aliphatic hydroxyl groups is 1. The molecule has 8 aromatic heterocycles. The normalized spacial score (nSPS) is 34.2. The molecule has 16 fully saturated rings. The van der Waals surface area contributed by atoms with Gasteiger partial charge in [-0.15, -0.1) is 0 Å². The Kier molecular flexibility index (Phi) is 21.7. The number of fused-ring (bicyclic) bond motifs is 4. The zero-order chi connectivity index (χ0) is 78.5. The summed E-state index contributed by atoms with van der Waals surface area (Å²) in [6.07, 6.45) is 42.3. The third-order valence-electron chi connectivity index (χ3n) is 29.6. The number of aromatic nitrogens is 8. The number of hydrogen-bond donors (Lipinski definition) is 13. The van der Waals surface area contributed by atoms with Gasteiger partial charge in [-0.1, -0.05) is 34.6 Å². The first kappa shape index (κ1) is 78.2. The van der Waals surface area contributed by atoms with E-state index in [1.165, 1.54) is 151 Å². The average Bonchev–Trinajstić information content (AvgIpc) is 0.813. The molecular formula is C88H120B4N16O5. The van der Waals surface area contributed by atoms with Gasteiger partial charge in [0.1, 0.15) is 22.6 Å². The van der Waals surface area contributed by atoms with Crippen molar-refractivity contribution in [1.29, 1.82) is 0 Å². The van der Waals surface area contributed by atoms with Gasteiger partial charge >= 0.3 is 29.9 Å². The average molecular weight is 1530 g/mol. The van der Waals surface area contributed by atoms with Gasteiger partial charge in [0, 0.05) is 135 Å². The lowest BCUT2D eigenvalue weighted by molar-refractivity contribution is -0.0637. The first-order chi connectivity index (χ1) is 54.5. The van der Waals surface area contributed by atoms with Crippen LogP contribution < -0.4 is 43.6 Å². The molecule has 0 aromatic carbocycles. The molecule has 16 saturated carbocycles. The molecule has 16 bridgehead atoms. The van der Waals surface area contributed by atoms with Crippen LogP contribution in [0.4, 0.5) is 0 Å². The van der Waals surface area contributed by atoms with E-state index < -0.39 is 0 Å². The Hall–Kier alpha value is -7.30. The minimum atomic E-state index is -0.115. The van der Waals surface area contributed by atoms with E-state index in [0.29, 0.717) is 105 Å². The van der Waals surface area contributed by atoms with E-state index in [4.69, 9.17) is 20.4 Å². The second-order valence-electron chi connectivity index (χ2n) is 40.2. The monoisotopic (exact) mass is 1520 g/mol. The van der Waals surface area contributed by atoms with Crippen molar-refractivity contribution >= 4 is 119 Å². The maximum absolute atomic E-state index is 10.0. The Morgan fingerprint density at radius 1 is 0.425 bits per heavy atom. The van der Waals surface area contributed by atoms with E-state index in [1.807, 2.05) is 30.9 Å². The Bertz CT molecular complexity index is 4690. The number of pyridine rings is 4. The number of H-pyrrole nitrogens is 4. The zero-order valence-electron chi connectivity index (χ0n) is 68.3. The molecule has 21 nitrogen and oxygen atoms in total. The van der Waals surface area contributed by atoms with Crippen LogP contribution in [0.15, 0.2) is 94.2 Å². The summed E-state index contributed by atoms with van der Waals surface area (Å²) in [7, 11) is 4.73. The second-order valence-corrected chi connectivity index (χ2v) is 40.2. The quantitative estimate of drug-likeness (QED) is 0.0138. The summed E-state index contributed by atoms with van der Waals surface area (Å²) in [5.74, 6) is 10.7. The van der Waals surface area contributed by atoms with Crippen molar-refractivity contribution in [2.75, 3.05) is 19.7 Å². The lowest BCUT2D eigenvalue weighted by Crippen LogP contribution is -2.53. The van der Waals surface area contributed by atoms with Crippen LogP contribution in [0.2, 0.25) is 0 Å². The van der Waals surface area contributed by atoms with Crippen molar-refractivity contribution in [2.24, 2.45) is 137 Å². The summed E-state index contributed by atoms with van der Waals surface area (Å²) in [6.45, 7) is 24.1. The highest BCUT2D eigenvalue weighted by Crippen LogP contribution is 2.67. The highest BCUT2D eigenvalue weighted by atomic mass is 16.3. The topological polar surface area (TPSA) is 313 Å². The van der Waals surface area contributed by atoms with Gasteiger partial charge in [0.05, 0.1) is 36.0 Å². The predicted octanol–water partition coefficient (Wildman–Crippen LogP) is 10.8. The van der Waals surface area contributed by atoms with Crippen molar-refractivity contribution in [2.45, 2.75) is 216 Å².